The highest BCUT2D eigenvalue weighted by Crippen LogP contribution is 2.07. The topological polar surface area (TPSA) is 73.3 Å². The maximum absolute atomic E-state index is 11.6. The average molecular weight is 204 g/mol. The number of fused-ring (bicyclic) bond motifs is 1. The van der Waals surface area contributed by atoms with Gasteiger partial charge < -0.3 is 5.73 Å². The van der Waals surface area contributed by atoms with Crippen molar-refractivity contribution in [1.29, 1.82) is 0 Å². The summed E-state index contributed by atoms with van der Waals surface area (Å²) in [5.74, 6) is 0.641. The molecular formula is C10H12N4O. The predicted molar refractivity (Wildman–Crippen MR) is 55.7 cm³/mol. The minimum Gasteiger partial charge on any atom is -0.321 e. The lowest BCUT2D eigenvalue weighted by molar-refractivity contribution is 0.0963. The molecule has 0 saturated carbocycles. The molecular weight excluding hydrogens is 192 g/mol. The van der Waals surface area contributed by atoms with Crippen molar-refractivity contribution < 1.29 is 4.79 Å². The Morgan fingerprint density at radius 3 is 2.93 bits per heavy atom. The number of imidazole rings is 1. The first-order valence-corrected chi connectivity index (χ1v) is 4.70. The second-order valence-corrected chi connectivity index (χ2v) is 3.50. The van der Waals surface area contributed by atoms with Crippen molar-refractivity contribution in [2.24, 2.45) is 5.73 Å². The van der Waals surface area contributed by atoms with Crippen LogP contribution in [0.2, 0.25) is 0 Å². The number of carbonyl (C=O) groups is 1. The zero-order chi connectivity index (χ0) is 11.0. The Labute approximate surface area is 87.0 Å². The van der Waals surface area contributed by atoms with E-state index in [1.165, 1.54) is 0 Å². The van der Waals surface area contributed by atoms with Gasteiger partial charge in [0, 0.05) is 12.4 Å². The summed E-state index contributed by atoms with van der Waals surface area (Å²) in [5.41, 5.74) is 6.62. The fourth-order valence-electron chi connectivity index (χ4n) is 1.40. The molecule has 2 N–H and O–H groups in total. The standard InChI is InChI=1S/C10H12N4O/c1-6(11)10(15)8-5-14-7(2)12-4-3-9(14)13-8/h3-6H,11H2,1-2H3. The van der Waals surface area contributed by atoms with Crippen LogP contribution in [0.4, 0.5) is 0 Å². The number of hydrogen-bond acceptors (Lipinski definition) is 4. The summed E-state index contributed by atoms with van der Waals surface area (Å²) in [4.78, 5) is 19.9. The van der Waals surface area contributed by atoms with Gasteiger partial charge in [-0.3, -0.25) is 9.20 Å². The molecule has 1 atom stereocenters. The summed E-state index contributed by atoms with van der Waals surface area (Å²) in [6.45, 7) is 3.51. The molecule has 5 heteroatoms. The molecule has 0 aliphatic heterocycles. The van der Waals surface area contributed by atoms with Gasteiger partial charge in [-0.25, -0.2) is 9.97 Å². The summed E-state index contributed by atoms with van der Waals surface area (Å²) in [6.07, 6.45) is 3.33. The van der Waals surface area contributed by atoms with Gasteiger partial charge in [-0.15, -0.1) is 0 Å². The van der Waals surface area contributed by atoms with Crippen LogP contribution in [0.1, 0.15) is 23.2 Å². The van der Waals surface area contributed by atoms with E-state index < -0.39 is 6.04 Å². The second-order valence-electron chi connectivity index (χ2n) is 3.50. The number of nitrogens with two attached hydrogens (primary N) is 1. The number of rotatable bonds is 2. The van der Waals surface area contributed by atoms with Crippen LogP contribution in [0.15, 0.2) is 18.5 Å². The fourth-order valence-corrected chi connectivity index (χ4v) is 1.40. The molecule has 2 aromatic heterocycles. The molecule has 2 heterocycles. The zero-order valence-electron chi connectivity index (χ0n) is 8.64. The van der Waals surface area contributed by atoms with Crippen LogP contribution < -0.4 is 5.73 Å². The predicted octanol–water partition coefficient (Wildman–Crippen LogP) is 0.568. The Morgan fingerprint density at radius 2 is 2.33 bits per heavy atom. The molecule has 2 aromatic rings. The third-order valence-electron chi connectivity index (χ3n) is 2.23. The molecule has 15 heavy (non-hydrogen) atoms. The van der Waals surface area contributed by atoms with Crippen LogP contribution in [0, 0.1) is 6.92 Å². The lowest BCUT2D eigenvalue weighted by Crippen LogP contribution is -2.26. The van der Waals surface area contributed by atoms with Crippen LogP contribution in [-0.4, -0.2) is 26.2 Å². The van der Waals surface area contributed by atoms with E-state index >= 15 is 0 Å². The minimum absolute atomic E-state index is 0.155. The summed E-state index contributed by atoms with van der Waals surface area (Å²) < 4.78 is 1.77. The molecule has 0 saturated heterocycles. The van der Waals surface area contributed by atoms with Gasteiger partial charge in [0.05, 0.1) is 6.04 Å². The molecule has 0 spiro atoms. The van der Waals surface area contributed by atoms with E-state index in [0.29, 0.717) is 11.3 Å². The lowest BCUT2D eigenvalue weighted by Gasteiger charge is -1.98. The van der Waals surface area contributed by atoms with Crippen molar-refractivity contribution in [1.82, 2.24) is 14.4 Å². The van der Waals surface area contributed by atoms with Gasteiger partial charge in [0.15, 0.2) is 5.78 Å². The highest BCUT2D eigenvalue weighted by atomic mass is 16.1. The second kappa shape index (κ2) is 3.43. The number of aromatic nitrogens is 3. The van der Waals surface area contributed by atoms with Gasteiger partial charge >= 0.3 is 0 Å². The molecule has 5 nitrogen and oxygen atoms in total. The molecule has 0 bridgehead atoms. The highest BCUT2D eigenvalue weighted by Gasteiger charge is 2.15. The Kier molecular flexibility index (Phi) is 2.24. The fraction of sp³-hybridized carbons (Fsp3) is 0.300. The lowest BCUT2D eigenvalue weighted by atomic mass is 10.2. The van der Waals surface area contributed by atoms with Gasteiger partial charge in [0.25, 0.3) is 0 Å². The first-order chi connectivity index (χ1) is 7.09. The van der Waals surface area contributed by atoms with Crippen molar-refractivity contribution in [2.45, 2.75) is 19.9 Å². The normalized spacial score (nSPS) is 13.0. The molecule has 78 valence electrons. The quantitative estimate of drug-likeness (QED) is 0.726. The molecule has 1 unspecified atom stereocenters. The van der Waals surface area contributed by atoms with Crippen molar-refractivity contribution in [2.75, 3.05) is 0 Å². The van der Waals surface area contributed by atoms with Gasteiger partial charge in [-0.2, -0.15) is 0 Å². The molecule has 0 aliphatic rings. The zero-order valence-corrected chi connectivity index (χ0v) is 8.64. The number of ketones is 1. The van der Waals surface area contributed by atoms with Crippen LogP contribution >= 0.6 is 0 Å². The van der Waals surface area contributed by atoms with E-state index in [2.05, 4.69) is 9.97 Å². The molecule has 2 rings (SSSR count). The monoisotopic (exact) mass is 204 g/mol. The molecule has 0 radical (unpaired) electrons. The third-order valence-corrected chi connectivity index (χ3v) is 2.23. The number of carbonyl (C=O) groups excluding carboxylic acids is 1. The summed E-state index contributed by atoms with van der Waals surface area (Å²) in [5, 5.41) is 0. The maximum Gasteiger partial charge on any atom is 0.199 e. The van der Waals surface area contributed by atoms with E-state index in [4.69, 9.17) is 5.73 Å². The average Bonchev–Trinajstić information content (AvgIpc) is 2.61. The first-order valence-electron chi connectivity index (χ1n) is 4.70. The van der Waals surface area contributed by atoms with Crippen LogP contribution in [-0.2, 0) is 0 Å². The van der Waals surface area contributed by atoms with Crippen molar-refractivity contribution in [3.05, 3.63) is 30.0 Å². The highest BCUT2D eigenvalue weighted by molar-refractivity contribution is 5.98. The first kappa shape index (κ1) is 9.79. The Balaban J connectivity index is 2.57. The molecule has 0 amide bonds. The van der Waals surface area contributed by atoms with E-state index in [1.807, 2.05) is 6.92 Å². The smallest absolute Gasteiger partial charge is 0.199 e. The maximum atomic E-state index is 11.6. The van der Waals surface area contributed by atoms with Crippen LogP contribution in [0.3, 0.4) is 0 Å². The van der Waals surface area contributed by atoms with Gasteiger partial charge in [0.2, 0.25) is 0 Å². The number of hydrogen-bond donors (Lipinski definition) is 1. The molecule has 0 fully saturated rings. The van der Waals surface area contributed by atoms with Crippen molar-refractivity contribution in [3.63, 3.8) is 0 Å². The van der Waals surface area contributed by atoms with Crippen molar-refractivity contribution in [3.8, 4) is 0 Å². The largest absolute Gasteiger partial charge is 0.321 e. The Hall–Kier alpha value is -1.75. The molecule has 0 aliphatic carbocycles. The summed E-state index contributed by atoms with van der Waals surface area (Å²) in [6, 6.07) is 1.23. The number of Topliss-reactive ketones (excluding diaryl/α,β-unsaturated/α-hetero) is 1. The van der Waals surface area contributed by atoms with Gasteiger partial charge in [-0.1, -0.05) is 0 Å². The Morgan fingerprint density at radius 1 is 1.60 bits per heavy atom. The third kappa shape index (κ3) is 1.61. The van der Waals surface area contributed by atoms with Crippen LogP contribution in [0.5, 0.6) is 0 Å². The molecule has 0 aromatic carbocycles. The SMILES string of the molecule is Cc1nccc2nc(C(=O)C(C)N)cn12. The van der Waals surface area contributed by atoms with E-state index in [9.17, 15) is 4.79 Å². The number of nitrogens with zero attached hydrogens (tertiary/aromatic N) is 3. The van der Waals surface area contributed by atoms with Gasteiger partial charge in [0.1, 0.15) is 17.2 Å². The van der Waals surface area contributed by atoms with E-state index in [0.717, 1.165) is 5.82 Å². The van der Waals surface area contributed by atoms with E-state index in [-0.39, 0.29) is 5.78 Å². The summed E-state index contributed by atoms with van der Waals surface area (Å²) in [7, 11) is 0. The Bertz CT molecular complexity index is 515. The van der Waals surface area contributed by atoms with Crippen molar-refractivity contribution >= 4 is 11.4 Å². The van der Waals surface area contributed by atoms with E-state index in [1.54, 1.807) is 29.8 Å². The minimum atomic E-state index is -0.525. The van der Waals surface area contributed by atoms with Crippen LogP contribution in [0.25, 0.3) is 5.65 Å². The van der Waals surface area contributed by atoms with Gasteiger partial charge in [-0.05, 0) is 19.9 Å². The number of aryl methyl sites for hydroxylation is 1. The summed E-state index contributed by atoms with van der Waals surface area (Å²) >= 11 is 0.